The van der Waals surface area contributed by atoms with Crippen LogP contribution in [0.15, 0.2) is 18.2 Å². The first-order valence-corrected chi connectivity index (χ1v) is 5.73. The van der Waals surface area contributed by atoms with E-state index in [1.54, 1.807) is 18.2 Å². The van der Waals surface area contributed by atoms with Crippen LogP contribution in [0.5, 0.6) is 0 Å². The summed E-state index contributed by atoms with van der Waals surface area (Å²) in [4.78, 5) is 0. The van der Waals surface area contributed by atoms with E-state index in [0.29, 0.717) is 10.6 Å². The molecule has 0 unspecified atom stereocenters. The van der Waals surface area contributed by atoms with Gasteiger partial charge in [-0.3, -0.25) is 0 Å². The molecule has 16 heavy (non-hydrogen) atoms. The van der Waals surface area contributed by atoms with Crippen LogP contribution in [0.4, 0.5) is 5.69 Å². The molecule has 1 aromatic rings. The van der Waals surface area contributed by atoms with E-state index in [0.717, 1.165) is 24.9 Å². The number of benzene rings is 1. The maximum atomic E-state index is 9.70. The van der Waals surface area contributed by atoms with Crippen LogP contribution in [-0.2, 0) is 0 Å². The van der Waals surface area contributed by atoms with Crippen molar-refractivity contribution in [2.75, 3.05) is 5.32 Å². The molecular formula is C12H13ClN2O. The highest BCUT2D eigenvalue weighted by atomic mass is 35.5. The molecule has 4 heteroatoms. The predicted molar refractivity (Wildman–Crippen MR) is 63.4 cm³/mol. The number of aliphatic hydroxyl groups excluding tert-OH is 1. The Hall–Kier alpha value is -1.24. The second-order valence-corrected chi connectivity index (χ2v) is 4.46. The molecule has 0 bridgehead atoms. The lowest BCUT2D eigenvalue weighted by atomic mass is 10.1. The Morgan fingerprint density at radius 3 is 2.88 bits per heavy atom. The molecule has 0 aromatic heterocycles. The molecule has 0 radical (unpaired) electrons. The maximum Gasteiger partial charge on any atom is 0.0992 e. The number of rotatable bonds is 2. The van der Waals surface area contributed by atoms with Crippen LogP contribution in [0.2, 0.25) is 5.02 Å². The van der Waals surface area contributed by atoms with Crippen LogP contribution in [0.3, 0.4) is 0 Å². The summed E-state index contributed by atoms with van der Waals surface area (Å²) in [6, 6.07) is 7.21. The normalized spacial score (nSPS) is 24.1. The van der Waals surface area contributed by atoms with E-state index >= 15 is 0 Å². The summed E-state index contributed by atoms with van der Waals surface area (Å²) in [5.74, 6) is 0. The van der Waals surface area contributed by atoms with E-state index in [1.165, 1.54) is 0 Å². The summed E-state index contributed by atoms with van der Waals surface area (Å²) in [5, 5.41) is 22.3. The Labute approximate surface area is 99.7 Å². The number of hydrogen-bond acceptors (Lipinski definition) is 3. The molecule has 1 aromatic carbocycles. The van der Waals surface area contributed by atoms with E-state index in [9.17, 15) is 5.11 Å². The Balaban J connectivity index is 2.17. The first-order valence-electron chi connectivity index (χ1n) is 5.35. The zero-order valence-electron chi connectivity index (χ0n) is 8.78. The minimum Gasteiger partial charge on any atom is -0.391 e. The van der Waals surface area contributed by atoms with E-state index in [-0.39, 0.29) is 12.1 Å². The minimum absolute atomic E-state index is 0.0476. The average Bonchev–Trinajstić information content (AvgIpc) is 2.68. The van der Waals surface area contributed by atoms with Gasteiger partial charge in [-0.2, -0.15) is 5.26 Å². The third-order valence-electron chi connectivity index (χ3n) is 2.92. The van der Waals surface area contributed by atoms with Gasteiger partial charge in [-0.25, -0.2) is 0 Å². The molecule has 0 heterocycles. The van der Waals surface area contributed by atoms with Gasteiger partial charge in [-0.15, -0.1) is 0 Å². The van der Waals surface area contributed by atoms with Gasteiger partial charge in [0.15, 0.2) is 0 Å². The number of aliphatic hydroxyl groups is 1. The summed E-state index contributed by atoms with van der Waals surface area (Å²) in [7, 11) is 0. The van der Waals surface area contributed by atoms with Gasteiger partial charge in [0, 0.05) is 0 Å². The number of hydrogen-bond donors (Lipinski definition) is 2. The molecule has 1 aliphatic rings. The number of halogens is 1. The van der Waals surface area contributed by atoms with Gasteiger partial charge in [0.25, 0.3) is 0 Å². The zero-order valence-corrected chi connectivity index (χ0v) is 9.54. The van der Waals surface area contributed by atoms with Crippen molar-refractivity contribution in [1.29, 1.82) is 5.26 Å². The first-order chi connectivity index (χ1) is 7.70. The monoisotopic (exact) mass is 236 g/mol. The van der Waals surface area contributed by atoms with Crippen molar-refractivity contribution in [3.63, 3.8) is 0 Å². The van der Waals surface area contributed by atoms with Crippen molar-refractivity contribution in [1.82, 2.24) is 0 Å². The molecule has 1 fully saturated rings. The van der Waals surface area contributed by atoms with E-state index in [2.05, 4.69) is 11.4 Å². The Kier molecular flexibility index (Phi) is 3.33. The van der Waals surface area contributed by atoms with Crippen molar-refractivity contribution >= 4 is 17.3 Å². The van der Waals surface area contributed by atoms with Gasteiger partial charge in [-0.05, 0) is 37.5 Å². The number of nitrogens with one attached hydrogen (secondary N) is 1. The largest absolute Gasteiger partial charge is 0.391 e. The average molecular weight is 237 g/mol. The van der Waals surface area contributed by atoms with Crippen molar-refractivity contribution < 1.29 is 5.11 Å². The van der Waals surface area contributed by atoms with Crippen LogP contribution in [0, 0.1) is 11.3 Å². The van der Waals surface area contributed by atoms with Crippen molar-refractivity contribution in [3.05, 3.63) is 28.8 Å². The Bertz CT molecular complexity index is 428. The minimum atomic E-state index is -0.318. The number of nitrogens with zero attached hydrogens (tertiary/aromatic N) is 1. The lowest BCUT2D eigenvalue weighted by Crippen LogP contribution is -2.28. The van der Waals surface area contributed by atoms with Gasteiger partial charge in [0.2, 0.25) is 0 Å². The summed E-state index contributed by atoms with van der Waals surface area (Å²) >= 11 is 6.03. The molecule has 0 saturated heterocycles. The Morgan fingerprint density at radius 2 is 2.25 bits per heavy atom. The third kappa shape index (κ3) is 2.29. The summed E-state index contributed by atoms with van der Waals surface area (Å²) in [5.41, 5.74) is 1.30. The molecule has 2 N–H and O–H groups in total. The van der Waals surface area contributed by atoms with E-state index in [1.807, 2.05) is 0 Å². The summed E-state index contributed by atoms with van der Waals surface area (Å²) in [6.45, 7) is 0. The van der Waals surface area contributed by atoms with Crippen LogP contribution < -0.4 is 5.32 Å². The smallest absolute Gasteiger partial charge is 0.0992 e. The molecular weight excluding hydrogens is 224 g/mol. The predicted octanol–water partition coefficient (Wildman–Crippen LogP) is 2.54. The van der Waals surface area contributed by atoms with Gasteiger partial charge in [0.1, 0.15) is 0 Å². The van der Waals surface area contributed by atoms with Crippen LogP contribution >= 0.6 is 11.6 Å². The van der Waals surface area contributed by atoms with Crippen LogP contribution in [0.1, 0.15) is 24.8 Å². The molecule has 2 rings (SSSR count). The zero-order chi connectivity index (χ0) is 11.5. The second kappa shape index (κ2) is 4.73. The van der Waals surface area contributed by atoms with Crippen LogP contribution in [-0.4, -0.2) is 17.3 Å². The molecule has 1 saturated carbocycles. The standard InChI is InChI=1S/C12H13ClN2O/c13-9-5-4-8(7-14)6-11(9)15-10-2-1-3-12(10)16/h4-6,10,12,15-16H,1-3H2/t10-,12-/m1/s1. The van der Waals surface area contributed by atoms with E-state index in [4.69, 9.17) is 16.9 Å². The molecule has 3 nitrogen and oxygen atoms in total. The third-order valence-corrected chi connectivity index (χ3v) is 3.25. The fourth-order valence-electron chi connectivity index (χ4n) is 2.01. The number of anilines is 1. The lowest BCUT2D eigenvalue weighted by Gasteiger charge is -2.18. The molecule has 2 atom stereocenters. The van der Waals surface area contributed by atoms with Gasteiger partial charge in [-0.1, -0.05) is 11.6 Å². The van der Waals surface area contributed by atoms with Crippen molar-refractivity contribution in [2.45, 2.75) is 31.4 Å². The quantitative estimate of drug-likeness (QED) is 0.830. The fraction of sp³-hybridized carbons (Fsp3) is 0.417. The van der Waals surface area contributed by atoms with Gasteiger partial charge in [0.05, 0.1) is 34.5 Å². The molecule has 84 valence electrons. The van der Waals surface area contributed by atoms with Gasteiger partial charge < -0.3 is 10.4 Å². The fourth-order valence-corrected chi connectivity index (χ4v) is 2.19. The van der Waals surface area contributed by atoms with Gasteiger partial charge >= 0.3 is 0 Å². The molecule has 0 amide bonds. The lowest BCUT2D eigenvalue weighted by molar-refractivity contribution is 0.172. The molecule has 1 aliphatic carbocycles. The Morgan fingerprint density at radius 1 is 1.44 bits per heavy atom. The number of nitriles is 1. The highest BCUT2D eigenvalue weighted by Crippen LogP contribution is 2.28. The van der Waals surface area contributed by atoms with Crippen LogP contribution in [0.25, 0.3) is 0 Å². The summed E-state index contributed by atoms with van der Waals surface area (Å²) < 4.78 is 0. The highest BCUT2D eigenvalue weighted by Gasteiger charge is 2.25. The SMILES string of the molecule is N#Cc1ccc(Cl)c(N[C@@H]2CCC[C@H]2O)c1. The second-order valence-electron chi connectivity index (χ2n) is 4.06. The van der Waals surface area contributed by atoms with Crippen molar-refractivity contribution in [3.8, 4) is 6.07 Å². The molecule has 0 spiro atoms. The summed E-state index contributed by atoms with van der Waals surface area (Å²) in [6.07, 6.45) is 2.47. The highest BCUT2D eigenvalue weighted by molar-refractivity contribution is 6.33. The topological polar surface area (TPSA) is 56.0 Å². The maximum absolute atomic E-state index is 9.70. The van der Waals surface area contributed by atoms with E-state index < -0.39 is 0 Å². The first kappa shape index (κ1) is 11.3. The molecule has 0 aliphatic heterocycles. The van der Waals surface area contributed by atoms with Crippen molar-refractivity contribution in [2.24, 2.45) is 0 Å².